The lowest BCUT2D eigenvalue weighted by Gasteiger charge is -2.29. The maximum absolute atomic E-state index is 6.02. The molecule has 0 aliphatic heterocycles. The van der Waals surface area contributed by atoms with Gasteiger partial charge < -0.3 is 14.2 Å². The first-order valence-electron chi connectivity index (χ1n) is 10.6. The van der Waals surface area contributed by atoms with E-state index in [4.69, 9.17) is 14.2 Å². The average Bonchev–Trinajstić information content (AvgIpc) is 2.88. The van der Waals surface area contributed by atoms with Gasteiger partial charge in [0.05, 0.1) is 27.5 Å². The van der Waals surface area contributed by atoms with Crippen LogP contribution in [0, 0.1) is 0 Å². The third kappa shape index (κ3) is 3.97. The summed E-state index contributed by atoms with van der Waals surface area (Å²) < 4.78 is 17.4. The van der Waals surface area contributed by atoms with Crippen molar-refractivity contribution in [3.63, 3.8) is 0 Å². The Morgan fingerprint density at radius 1 is 0.531 bits per heavy atom. The molecule has 4 rings (SSSR count). The Labute approximate surface area is 190 Å². The lowest BCUT2D eigenvalue weighted by molar-refractivity contribution is 0.326. The molecule has 0 saturated carbocycles. The molecule has 162 valence electrons. The number of ether oxygens (including phenoxy) is 3. The van der Waals surface area contributed by atoms with Crippen molar-refractivity contribution in [2.45, 2.75) is 6.16 Å². The third-order valence-electron chi connectivity index (χ3n) is 5.75. The van der Waals surface area contributed by atoms with Gasteiger partial charge in [0.25, 0.3) is 0 Å². The van der Waals surface area contributed by atoms with Crippen LogP contribution >= 0.6 is 7.26 Å². The number of benzene rings is 4. The number of rotatable bonds is 8. The predicted octanol–water partition coefficient (Wildman–Crippen LogP) is 5.21. The molecule has 32 heavy (non-hydrogen) atoms. The molecule has 0 fully saturated rings. The molecule has 0 amide bonds. The molecule has 0 radical (unpaired) electrons. The van der Waals surface area contributed by atoms with Gasteiger partial charge in [0, 0.05) is 0 Å². The SMILES string of the molecule is COc1ccc([P+](Cc2ccccc2)(c2ccccc2)c2ccccc2)c(OC)c1OC. The third-order valence-corrected chi connectivity index (χ3v) is 10.1. The van der Waals surface area contributed by atoms with E-state index in [0.29, 0.717) is 11.5 Å². The summed E-state index contributed by atoms with van der Waals surface area (Å²) in [5, 5.41) is 3.72. The zero-order chi connectivity index (χ0) is 22.4. The van der Waals surface area contributed by atoms with E-state index in [-0.39, 0.29) is 0 Å². The molecule has 0 saturated heterocycles. The van der Waals surface area contributed by atoms with Gasteiger partial charge in [0.1, 0.15) is 17.9 Å². The molecule has 0 aliphatic rings. The molecular formula is C28H28O3P+. The maximum atomic E-state index is 6.02. The Balaban J connectivity index is 2.10. The zero-order valence-electron chi connectivity index (χ0n) is 18.7. The highest BCUT2D eigenvalue weighted by molar-refractivity contribution is 7.95. The standard InChI is InChI=1S/C28H28O3P/c1-29-25-19-20-26(28(31-3)27(25)30-2)32(23-15-9-5-10-16-23,24-17-11-6-12-18-24)21-22-13-7-4-8-14-22/h4-20H,21H2,1-3H3/q+1. The van der Waals surface area contributed by atoms with Crippen molar-refractivity contribution in [3.05, 3.63) is 109 Å². The van der Waals surface area contributed by atoms with E-state index in [1.54, 1.807) is 21.3 Å². The van der Waals surface area contributed by atoms with Crippen LogP contribution in [-0.4, -0.2) is 21.3 Å². The fraction of sp³-hybridized carbons (Fsp3) is 0.143. The molecule has 4 heteroatoms. The molecule has 0 bridgehead atoms. The van der Waals surface area contributed by atoms with Crippen LogP contribution in [0.25, 0.3) is 0 Å². The molecule has 0 heterocycles. The molecule has 4 aromatic carbocycles. The number of methoxy groups -OCH3 is 3. The second-order valence-electron chi connectivity index (χ2n) is 7.48. The van der Waals surface area contributed by atoms with Gasteiger partial charge in [0.2, 0.25) is 11.5 Å². The summed E-state index contributed by atoms with van der Waals surface area (Å²) in [6, 6.07) is 36.4. The van der Waals surface area contributed by atoms with Gasteiger partial charge in [-0.05, 0) is 42.0 Å². The van der Waals surface area contributed by atoms with Crippen LogP contribution in [0.15, 0.2) is 103 Å². The van der Waals surface area contributed by atoms with Crippen LogP contribution in [0.5, 0.6) is 17.2 Å². The smallest absolute Gasteiger partial charge is 0.208 e. The fourth-order valence-electron chi connectivity index (χ4n) is 4.30. The lowest BCUT2D eigenvalue weighted by atomic mass is 10.2. The van der Waals surface area contributed by atoms with E-state index >= 15 is 0 Å². The molecule has 3 nitrogen and oxygen atoms in total. The van der Waals surface area contributed by atoms with E-state index in [9.17, 15) is 0 Å². The second-order valence-corrected chi connectivity index (χ2v) is 10.9. The normalized spacial score (nSPS) is 11.1. The Hall–Kier alpha value is -3.29. The molecule has 0 unspecified atom stereocenters. The molecule has 4 aromatic rings. The zero-order valence-corrected chi connectivity index (χ0v) is 19.6. The first-order valence-corrected chi connectivity index (χ1v) is 12.5. The highest BCUT2D eigenvalue weighted by atomic mass is 31.2. The first-order chi connectivity index (χ1) is 15.7. The van der Waals surface area contributed by atoms with Crippen LogP contribution in [-0.2, 0) is 6.16 Å². The summed E-state index contributed by atoms with van der Waals surface area (Å²) in [5.41, 5.74) is 1.28. The van der Waals surface area contributed by atoms with Gasteiger partial charge in [-0.1, -0.05) is 66.7 Å². The molecular weight excluding hydrogens is 415 g/mol. The quantitative estimate of drug-likeness (QED) is 0.350. The first kappa shape index (κ1) is 21.9. The van der Waals surface area contributed by atoms with Gasteiger partial charge in [-0.3, -0.25) is 0 Å². The molecule has 0 aliphatic carbocycles. The monoisotopic (exact) mass is 443 g/mol. The minimum atomic E-state index is -2.16. The molecule has 0 N–H and O–H groups in total. The topological polar surface area (TPSA) is 27.7 Å². The summed E-state index contributed by atoms with van der Waals surface area (Å²) in [6.45, 7) is 0. The van der Waals surface area contributed by atoms with Crippen LogP contribution in [0.1, 0.15) is 5.56 Å². The van der Waals surface area contributed by atoms with Crippen molar-refractivity contribution in [1.82, 2.24) is 0 Å². The average molecular weight is 444 g/mol. The van der Waals surface area contributed by atoms with Crippen molar-refractivity contribution in [3.8, 4) is 17.2 Å². The van der Waals surface area contributed by atoms with Crippen LogP contribution < -0.4 is 30.1 Å². The van der Waals surface area contributed by atoms with Crippen molar-refractivity contribution in [2.24, 2.45) is 0 Å². The van der Waals surface area contributed by atoms with Gasteiger partial charge in [-0.2, -0.15) is 0 Å². The van der Waals surface area contributed by atoms with Crippen LogP contribution in [0.4, 0.5) is 0 Å². The van der Waals surface area contributed by atoms with Gasteiger partial charge in [-0.25, -0.2) is 0 Å². The summed E-state index contributed by atoms with van der Waals surface area (Å²) in [7, 11) is 2.85. The van der Waals surface area contributed by atoms with Gasteiger partial charge in [0.15, 0.2) is 11.1 Å². The van der Waals surface area contributed by atoms with E-state index in [0.717, 1.165) is 17.2 Å². The summed E-state index contributed by atoms with van der Waals surface area (Å²) in [4.78, 5) is 0. The Morgan fingerprint density at radius 3 is 1.50 bits per heavy atom. The Kier molecular flexibility index (Phi) is 6.78. The van der Waals surface area contributed by atoms with E-state index in [1.165, 1.54) is 16.2 Å². The van der Waals surface area contributed by atoms with Crippen LogP contribution in [0.3, 0.4) is 0 Å². The van der Waals surface area contributed by atoms with Crippen molar-refractivity contribution < 1.29 is 14.2 Å². The summed E-state index contributed by atoms with van der Waals surface area (Å²) in [5.74, 6) is 2.01. The highest BCUT2D eigenvalue weighted by Gasteiger charge is 2.48. The molecule has 0 spiro atoms. The maximum Gasteiger partial charge on any atom is 0.208 e. The van der Waals surface area contributed by atoms with E-state index in [2.05, 4.69) is 97.1 Å². The Morgan fingerprint density at radius 2 is 1.03 bits per heavy atom. The fourth-order valence-corrected chi connectivity index (χ4v) is 8.68. The predicted molar refractivity (Wildman–Crippen MR) is 135 cm³/mol. The largest absolute Gasteiger partial charge is 0.493 e. The van der Waals surface area contributed by atoms with Crippen molar-refractivity contribution in [1.29, 1.82) is 0 Å². The number of hydrogen-bond acceptors (Lipinski definition) is 3. The van der Waals surface area contributed by atoms with E-state index in [1.807, 2.05) is 6.07 Å². The van der Waals surface area contributed by atoms with E-state index < -0.39 is 7.26 Å². The lowest BCUT2D eigenvalue weighted by Crippen LogP contribution is -2.33. The minimum Gasteiger partial charge on any atom is -0.493 e. The molecule has 0 atom stereocenters. The highest BCUT2D eigenvalue weighted by Crippen LogP contribution is 2.61. The number of hydrogen-bond donors (Lipinski definition) is 0. The van der Waals surface area contributed by atoms with Crippen LogP contribution in [0.2, 0.25) is 0 Å². The summed E-state index contributed by atoms with van der Waals surface area (Å²) >= 11 is 0. The Bertz CT molecular complexity index is 1110. The van der Waals surface area contributed by atoms with Gasteiger partial charge >= 0.3 is 0 Å². The van der Waals surface area contributed by atoms with Crippen molar-refractivity contribution >= 4 is 23.2 Å². The van der Waals surface area contributed by atoms with Crippen molar-refractivity contribution in [2.75, 3.05) is 21.3 Å². The second kappa shape index (κ2) is 9.89. The molecule has 0 aromatic heterocycles. The van der Waals surface area contributed by atoms with Gasteiger partial charge in [-0.15, -0.1) is 0 Å². The summed E-state index contributed by atoms with van der Waals surface area (Å²) in [6.07, 6.45) is 0.869. The minimum absolute atomic E-state index is 0.622.